The van der Waals surface area contributed by atoms with Crippen molar-refractivity contribution >= 4 is 60.0 Å². The fourth-order valence-electron chi connectivity index (χ4n) is 2.86. The first-order valence-corrected chi connectivity index (χ1v) is 12.4. The van der Waals surface area contributed by atoms with Gasteiger partial charge in [0.25, 0.3) is 0 Å². The van der Waals surface area contributed by atoms with Gasteiger partial charge in [-0.2, -0.15) is 0 Å². The number of esters is 1. The van der Waals surface area contributed by atoms with Crippen LogP contribution in [-0.4, -0.2) is 56.4 Å². The van der Waals surface area contributed by atoms with Crippen LogP contribution in [-0.2, 0) is 24.2 Å². The van der Waals surface area contributed by atoms with E-state index in [9.17, 15) is 22.8 Å². The average molecular weight is 492 g/mol. The number of fused-ring (bicyclic) bond motifs is 1. The van der Waals surface area contributed by atoms with Crippen molar-refractivity contribution in [3.63, 3.8) is 0 Å². The zero-order valence-corrected chi connectivity index (χ0v) is 19.4. The Hall–Kier alpha value is -3.51. The molecule has 1 aromatic heterocycles. The number of aromatic nitrogens is 1. The molecule has 0 aliphatic rings. The van der Waals surface area contributed by atoms with Gasteiger partial charge in [-0.05, 0) is 37.3 Å². The van der Waals surface area contributed by atoms with Crippen LogP contribution in [0.4, 0.5) is 10.8 Å². The van der Waals surface area contributed by atoms with E-state index in [0.29, 0.717) is 27.2 Å². The minimum atomic E-state index is -4.04. The van der Waals surface area contributed by atoms with E-state index in [-0.39, 0.29) is 11.7 Å². The molecule has 10 nitrogen and oxygen atoms in total. The number of methoxy groups -OCH3 is 1. The first-order chi connectivity index (χ1) is 15.7. The maximum atomic E-state index is 12.3. The Morgan fingerprint density at radius 1 is 1.03 bits per heavy atom. The number of thiazole rings is 1. The third-order valence-corrected chi connectivity index (χ3v) is 6.57. The van der Waals surface area contributed by atoms with E-state index < -0.39 is 39.1 Å². The van der Waals surface area contributed by atoms with Crippen LogP contribution in [0.1, 0.15) is 17.3 Å². The summed E-state index contributed by atoms with van der Waals surface area (Å²) in [4.78, 5) is 40.5. The summed E-state index contributed by atoms with van der Waals surface area (Å²) in [5.41, 5.74) is 1.19. The van der Waals surface area contributed by atoms with E-state index >= 15 is 0 Å². The maximum absolute atomic E-state index is 12.3. The zero-order valence-electron chi connectivity index (χ0n) is 17.8. The van der Waals surface area contributed by atoms with Gasteiger partial charge < -0.3 is 20.1 Å². The number of amides is 2. The minimum Gasteiger partial charge on any atom is -0.495 e. The Bertz CT molecular complexity index is 1300. The molecule has 3 rings (SSSR count). The second-order valence-corrected chi connectivity index (χ2v) is 9.85. The van der Waals surface area contributed by atoms with Gasteiger partial charge in [-0.1, -0.05) is 23.5 Å². The molecular formula is C21H21N3O7S2. The summed E-state index contributed by atoms with van der Waals surface area (Å²) < 4.78 is 35.3. The van der Waals surface area contributed by atoms with Crippen molar-refractivity contribution in [2.75, 3.05) is 35.9 Å². The van der Waals surface area contributed by atoms with Crippen LogP contribution in [0.2, 0.25) is 0 Å². The first kappa shape index (κ1) is 24.1. The van der Waals surface area contributed by atoms with Crippen LogP contribution in [0.3, 0.4) is 0 Å². The number of ether oxygens (including phenoxy) is 2. The molecule has 0 unspecified atom stereocenters. The van der Waals surface area contributed by atoms with Crippen LogP contribution in [0.25, 0.3) is 10.2 Å². The Morgan fingerprint density at radius 2 is 1.73 bits per heavy atom. The molecule has 0 bridgehead atoms. The number of carbonyl (C=O) groups excluding carboxylic acids is 3. The van der Waals surface area contributed by atoms with Gasteiger partial charge in [0.1, 0.15) is 17.3 Å². The van der Waals surface area contributed by atoms with Crippen LogP contribution in [0.15, 0.2) is 42.5 Å². The van der Waals surface area contributed by atoms with E-state index in [4.69, 9.17) is 9.47 Å². The van der Waals surface area contributed by atoms with E-state index in [1.807, 2.05) is 0 Å². The lowest BCUT2D eigenvalue weighted by Gasteiger charge is -2.10. The summed E-state index contributed by atoms with van der Waals surface area (Å²) in [6.07, 6.45) is 0. The van der Waals surface area contributed by atoms with E-state index in [1.165, 1.54) is 7.11 Å². The summed E-state index contributed by atoms with van der Waals surface area (Å²) in [7, 11) is -2.62. The van der Waals surface area contributed by atoms with Gasteiger partial charge in [-0.25, -0.2) is 18.2 Å². The number of para-hydroxylation sites is 2. The summed E-state index contributed by atoms with van der Waals surface area (Å²) in [5.74, 6) is -3.49. The lowest BCUT2D eigenvalue weighted by atomic mass is 10.2. The molecule has 12 heteroatoms. The monoisotopic (exact) mass is 491 g/mol. The van der Waals surface area contributed by atoms with Gasteiger partial charge in [0.2, 0.25) is 11.8 Å². The second-order valence-electron chi connectivity index (χ2n) is 6.75. The quantitative estimate of drug-likeness (QED) is 0.435. The number of carbonyl (C=O) groups is 3. The van der Waals surface area contributed by atoms with Crippen molar-refractivity contribution < 1.29 is 32.3 Å². The van der Waals surface area contributed by atoms with Crippen molar-refractivity contribution in [1.82, 2.24) is 4.98 Å². The highest BCUT2D eigenvalue weighted by Gasteiger charge is 2.22. The molecule has 0 spiro atoms. The molecular weight excluding hydrogens is 470 g/mol. The number of hydrogen-bond donors (Lipinski definition) is 2. The van der Waals surface area contributed by atoms with Crippen molar-refractivity contribution in [2.45, 2.75) is 6.92 Å². The highest BCUT2D eigenvalue weighted by molar-refractivity contribution is 7.92. The minimum absolute atomic E-state index is 0.171. The number of anilines is 2. The molecule has 0 fully saturated rings. The SMILES string of the molecule is CCOC(=O)c1ccc2nc(NC(=O)CS(=O)(=O)CC(=O)Nc3ccccc3OC)sc2c1. The second kappa shape index (κ2) is 10.4. The maximum Gasteiger partial charge on any atom is 0.338 e. The molecule has 174 valence electrons. The summed E-state index contributed by atoms with van der Waals surface area (Å²) >= 11 is 1.08. The Balaban J connectivity index is 1.61. The van der Waals surface area contributed by atoms with Gasteiger partial charge in [0.15, 0.2) is 15.0 Å². The zero-order chi connectivity index (χ0) is 24.0. The lowest BCUT2D eigenvalue weighted by Crippen LogP contribution is -2.30. The summed E-state index contributed by atoms with van der Waals surface area (Å²) in [6, 6.07) is 11.3. The van der Waals surface area contributed by atoms with E-state index in [0.717, 1.165) is 11.3 Å². The summed E-state index contributed by atoms with van der Waals surface area (Å²) in [6.45, 7) is 1.94. The van der Waals surface area contributed by atoms with Crippen molar-refractivity contribution in [2.24, 2.45) is 0 Å². The molecule has 33 heavy (non-hydrogen) atoms. The molecule has 0 radical (unpaired) electrons. The van der Waals surface area contributed by atoms with Gasteiger partial charge in [-0.15, -0.1) is 0 Å². The van der Waals surface area contributed by atoms with Crippen LogP contribution >= 0.6 is 11.3 Å². The third-order valence-electron chi connectivity index (χ3n) is 4.23. The number of benzene rings is 2. The highest BCUT2D eigenvalue weighted by atomic mass is 32.2. The Labute approximate surface area is 193 Å². The molecule has 1 heterocycles. The number of nitrogens with zero attached hydrogens (tertiary/aromatic N) is 1. The van der Waals surface area contributed by atoms with Gasteiger partial charge >= 0.3 is 5.97 Å². The number of rotatable bonds is 9. The predicted octanol–water partition coefficient (Wildman–Crippen LogP) is 2.47. The topological polar surface area (TPSA) is 141 Å². The molecule has 0 saturated carbocycles. The molecule has 0 atom stereocenters. The molecule has 0 aliphatic heterocycles. The van der Waals surface area contributed by atoms with Crippen molar-refractivity contribution in [3.05, 3.63) is 48.0 Å². The van der Waals surface area contributed by atoms with Crippen molar-refractivity contribution in [3.8, 4) is 5.75 Å². The van der Waals surface area contributed by atoms with Crippen LogP contribution < -0.4 is 15.4 Å². The van der Waals surface area contributed by atoms with Crippen LogP contribution in [0, 0.1) is 0 Å². The molecule has 2 aromatic carbocycles. The number of hydrogen-bond acceptors (Lipinski definition) is 9. The smallest absolute Gasteiger partial charge is 0.338 e. The van der Waals surface area contributed by atoms with Gasteiger partial charge in [0, 0.05) is 0 Å². The standard InChI is InChI=1S/C21H21N3O7S2/c1-3-31-20(27)13-8-9-15-17(10-13)32-21(23-15)24-19(26)12-33(28,29)11-18(25)22-14-6-4-5-7-16(14)30-2/h4-10H,3,11-12H2,1-2H3,(H,22,25)(H,23,24,26). The average Bonchev–Trinajstić information content (AvgIpc) is 3.14. The summed E-state index contributed by atoms with van der Waals surface area (Å²) in [5, 5.41) is 5.05. The lowest BCUT2D eigenvalue weighted by molar-refractivity contribution is -0.114. The third kappa shape index (κ3) is 6.49. The molecule has 2 amide bonds. The van der Waals surface area contributed by atoms with Gasteiger partial charge in [-0.3, -0.25) is 9.59 Å². The molecule has 0 aliphatic carbocycles. The largest absolute Gasteiger partial charge is 0.495 e. The molecule has 0 saturated heterocycles. The molecule has 3 aromatic rings. The number of nitrogens with one attached hydrogen (secondary N) is 2. The molecule has 2 N–H and O–H groups in total. The first-order valence-electron chi connectivity index (χ1n) is 9.71. The highest BCUT2D eigenvalue weighted by Crippen LogP contribution is 2.27. The fourth-order valence-corrected chi connectivity index (χ4v) is 4.83. The normalized spacial score (nSPS) is 11.1. The Morgan fingerprint density at radius 3 is 2.42 bits per heavy atom. The Kier molecular flexibility index (Phi) is 7.61. The number of sulfone groups is 1. The van der Waals surface area contributed by atoms with E-state index in [2.05, 4.69) is 15.6 Å². The van der Waals surface area contributed by atoms with Crippen LogP contribution in [0.5, 0.6) is 5.75 Å². The predicted molar refractivity (Wildman–Crippen MR) is 124 cm³/mol. The van der Waals surface area contributed by atoms with Gasteiger partial charge in [0.05, 0.1) is 35.2 Å². The van der Waals surface area contributed by atoms with E-state index in [1.54, 1.807) is 49.4 Å². The van der Waals surface area contributed by atoms with Crippen molar-refractivity contribution in [1.29, 1.82) is 0 Å². The fraction of sp³-hybridized carbons (Fsp3) is 0.238.